The molecule has 2 atom stereocenters. The van der Waals surface area contributed by atoms with E-state index in [4.69, 9.17) is 0 Å². The van der Waals surface area contributed by atoms with Crippen LogP contribution in [0.3, 0.4) is 0 Å². The molecule has 1 saturated carbocycles. The Balaban J connectivity index is 1.83. The molecule has 0 spiro atoms. The fraction of sp³-hybridized carbons (Fsp3) is 0.286. The Morgan fingerprint density at radius 3 is 2.40 bits per heavy atom. The fourth-order valence-corrected chi connectivity index (χ4v) is 3.30. The van der Waals surface area contributed by atoms with Gasteiger partial charge in [0.1, 0.15) is 5.71 Å². The highest BCUT2D eigenvalue weighted by Gasteiger charge is 2.40. The predicted molar refractivity (Wildman–Crippen MR) is 74.7 cm³/mol. The third kappa shape index (κ3) is 2.16. The van der Waals surface area contributed by atoms with E-state index in [2.05, 4.69) is 9.93 Å². The van der Waals surface area contributed by atoms with Gasteiger partial charge in [0.25, 0.3) is 10.0 Å². The molecule has 3 rings (SSSR count). The van der Waals surface area contributed by atoms with Crippen LogP contribution in [0.2, 0.25) is 0 Å². The van der Waals surface area contributed by atoms with Gasteiger partial charge in [0.05, 0.1) is 4.90 Å². The van der Waals surface area contributed by atoms with E-state index in [0.717, 1.165) is 5.56 Å². The lowest BCUT2D eigenvalue weighted by Gasteiger charge is -2.08. The van der Waals surface area contributed by atoms with Crippen LogP contribution in [0.1, 0.15) is 12.0 Å². The number of hydrogen-bond acceptors (Lipinski definition) is 4. The number of carbonyl (C=O) groups is 1. The minimum Gasteiger partial charge on any atom is -0.292 e. The molecule has 5 nitrogen and oxygen atoms in total. The minimum atomic E-state index is -3.72. The van der Waals surface area contributed by atoms with Crippen LogP contribution in [-0.4, -0.2) is 19.9 Å². The van der Waals surface area contributed by atoms with Crippen molar-refractivity contribution in [1.82, 2.24) is 4.83 Å². The number of hydrogen-bond donors (Lipinski definition) is 1. The summed E-state index contributed by atoms with van der Waals surface area (Å²) in [4.78, 5) is 14.1. The Morgan fingerprint density at radius 2 is 1.80 bits per heavy atom. The summed E-state index contributed by atoms with van der Waals surface area (Å²) in [6.07, 6.45) is 4.48. The van der Waals surface area contributed by atoms with Gasteiger partial charge in [-0.25, -0.2) is 0 Å². The number of rotatable bonds is 3. The molecule has 0 amide bonds. The number of benzene rings is 1. The number of ketones is 1. The van der Waals surface area contributed by atoms with Gasteiger partial charge < -0.3 is 0 Å². The molecule has 1 fully saturated rings. The number of Topliss-reactive ketones (excluding diaryl/α,β-unsaturated/α-hetero) is 1. The van der Waals surface area contributed by atoms with Crippen LogP contribution in [0.4, 0.5) is 0 Å². The zero-order valence-electron chi connectivity index (χ0n) is 10.9. The van der Waals surface area contributed by atoms with E-state index in [-0.39, 0.29) is 22.5 Å². The summed E-state index contributed by atoms with van der Waals surface area (Å²) < 4.78 is 24.1. The molecule has 20 heavy (non-hydrogen) atoms. The summed E-state index contributed by atoms with van der Waals surface area (Å²) in [5.41, 5.74) is 1.29. The lowest BCUT2D eigenvalue weighted by atomic mass is 10.0. The van der Waals surface area contributed by atoms with Gasteiger partial charge in [0.2, 0.25) is 0 Å². The molecule has 0 heterocycles. The molecular formula is C14H14N2O3S. The SMILES string of the molecule is Cc1ccc(S(=O)(=O)N/N=C2\C(=O)C3C=CC2C3)cc1. The molecule has 0 aromatic heterocycles. The monoisotopic (exact) mass is 290 g/mol. The van der Waals surface area contributed by atoms with Gasteiger partial charge in [0, 0.05) is 11.8 Å². The maximum absolute atomic E-state index is 12.1. The quantitative estimate of drug-likeness (QED) is 0.675. The minimum absolute atomic E-state index is 0.0479. The van der Waals surface area contributed by atoms with Crippen molar-refractivity contribution in [2.24, 2.45) is 16.9 Å². The van der Waals surface area contributed by atoms with Gasteiger partial charge in [-0.15, -0.1) is 0 Å². The molecule has 1 aromatic carbocycles. The maximum Gasteiger partial charge on any atom is 0.276 e. The molecule has 2 aliphatic rings. The normalized spacial score (nSPS) is 26.4. The van der Waals surface area contributed by atoms with Gasteiger partial charge in [-0.3, -0.25) is 4.79 Å². The summed E-state index contributed by atoms with van der Waals surface area (Å²) >= 11 is 0. The van der Waals surface area contributed by atoms with Gasteiger partial charge in [-0.1, -0.05) is 29.8 Å². The molecule has 2 aliphatic carbocycles. The number of allylic oxidation sites excluding steroid dienone is 2. The lowest BCUT2D eigenvalue weighted by molar-refractivity contribution is -0.114. The first-order valence-electron chi connectivity index (χ1n) is 6.36. The molecule has 0 radical (unpaired) electrons. The summed E-state index contributed by atoms with van der Waals surface area (Å²) in [5.74, 6) is -0.250. The average molecular weight is 290 g/mol. The summed E-state index contributed by atoms with van der Waals surface area (Å²) in [6, 6.07) is 6.46. The average Bonchev–Trinajstić information content (AvgIpc) is 2.98. The van der Waals surface area contributed by atoms with Gasteiger partial charge >= 0.3 is 0 Å². The smallest absolute Gasteiger partial charge is 0.276 e. The topological polar surface area (TPSA) is 75.6 Å². The Kier molecular flexibility index (Phi) is 2.97. The van der Waals surface area contributed by atoms with Crippen LogP contribution in [0, 0.1) is 18.8 Å². The first-order chi connectivity index (χ1) is 9.47. The second-order valence-corrected chi connectivity index (χ2v) is 6.76. The fourth-order valence-electron chi connectivity index (χ4n) is 2.49. The summed E-state index contributed by atoms with van der Waals surface area (Å²) in [7, 11) is -3.72. The molecule has 2 unspecified atom stereocenters. The Bertz CT molecular complexity index is 717. The van der Waals surface area contributed by atoms with Crippen molar-refractivity contribution in [1.29, 1.82) is 0 Å². The van der Waals surface area contributed by atoms with Gasteiger partial charge in [-0.05, 0) is 25.5 Å². The number of nitrogens with one attached hydrogen (secondary N) is 1. The van der Waals surface area contributed by atoms with E-state index in [1.807, 2.05) is 19.1 Å². The lowest BCUT2D eigenvalue weighted by Crippen LogP contribution is -2.25. The van der Waals surface area contributed by atoms with E-state index >= 15 is 0 Å². The number of carbonyl (C=O) groups excluding carboxylic acids is 1. The highest BCUT2D eigenvalue weighted by atomic mass is 32.2. The molecule has 104 valence electrons. The van der Waals surface area contributed by atoms with Crippen LogP contribution in [-0.2, 0) is 14.8 Å². The standard InChI is InChI=1S/C14H14N2O3S/c1-9-2-6-12(7-3-9)20(18,19)16-15-13-10-4-5-11(8-10)14(13)17/h2-7,10-11,16H,8H2,1H3/b15-13-. The Morgan fingerprint density at radius 1 is 1.15 bits per heavy atom. The van der Waals surface area contributed by atoms with Crippen LogP contribution in [0.25, 0.3) is 0 Å². The molecule has 0 saturated heterocycles. The van der Waals surface area contributed by atoms with Crippen molar-refractivity contribution < 1.29 is 13.2 Å². The van der Waals surface area contributed by atoms with Crippen molar-refractivity contribution in [2.45, 2.75) is 18.2 Å². The first-order valence-corrected chi connectivity index (χ1v) is 7.84. The van der Waals surface area contributed by atoms with Gasteiger partial charge in [0.15, 0.2) is 5.78 Å². The van der Waals surface area contributed by atoms with Crippen molar-refractivity contribution in [2.75, 3.05) is 0 Å². The van der Waals surface area contributed by atoms with Crippen molar-refractivity contribution in [3.05, 3.63) is 42.0 Å². The number of fused-ring (bicyclic) bond motifs is 2. The highest BCUT2D eigenvalue weighted by Crippen LogP contribution is 2.34. The molecule has 1 N–H and O–H groups in total. The Hall–Kier alpha value is -1.95. The predicted octanol–water partition coefficient (Wildman–Crippen LogP) is 1.40. The summed E-state index contributed by atoms with van der Waals surface area (Å²) in [6.45, 7) is 1.88. The Labute approximate surface area is 117 Å². The molecule has 1 aromatic rings. The van der Waals surface area contributed by atoms with E-state index in [0.29, 0.717) is 12.1 Å². The molecule has 6 heteroatoms. The second kappa shape index (κ2) is 4.56. The van der Waals surface area contributed by atoms with E-state index < -0.39 is 10.0 Å². The van der Waals surface area contributed by atoms with Crippen molar-refractivity contribution >= 4 is 21.5 Å². The van der Waals surface area contributed by atoms with Crippen molar-refractivity contribution in [3.8, 4) is 0 Å². The van der Waals surface area contributed by atoms with Gasteiger partial charge in [-0.2, -0.15) is 18.4 Å². The van der Waals surface area contributed by atoms with E-state index in [1.54, 1.807) is 12.1 Å². The summed E-state index contributed by atoms with van der Waals surface area (Å²) in [5, 5.41) is 3.84. The van der Waals surface area contributed by atoms with Crippen LogP contribution >= 0.6 is 0 Å². The highest BCUT2D eigenvalue weighted by molar-refractivity contribution is 7.89. The number of hydrazone groups is 1. The van der Waals surface area contributed by atoms with Crippen LogP contribution < -0.4 is 4.83 Å². The largest absolute Gasteiger partial charge is 0.292 e. The first kappa shape index (κ1) is 13.1. The number of sulfonamides is 1. The third-order valence-electron chi connectivity index (χ3n) is 3.64. The zero-order chi connectivity index (χ0) is 14.3. The van der Waals surface area contributed by atoms with E-state index in [1.165, 1.54) is 12.1 Å². The van der Waals surface area contributed by atoms with Crippen molar-refractivity contribution in [3.63, 3.8) is 0 Å². The van der Waals surface area contributed by atoms with E-state index in [9.17, 15) is 13.2 Å². The maximum atomic E-state index is 12.1. The van der Waals surface area contributed by atoms with Crippen LogP contribution in [0.15, 0.2) is 46.4 Å². The molecular weight excluding hydrogens is 276 g/mol. The van der Waals surface area contributed by atoms with Crippen LogP contribution in [0.5, 0.6) is 0 Å². The number of aryl methyl sites for hydroxylation is 1. The zero-order valence-corrected chi connectivity index (χ0v) is 11.7. The molecule has 2 bridgehead atoms. The second-order valence-electron chi connectivity index (χ2n) is 5.10. The molecule has 0 aliphatic heterocycles. The third-order valence-corrected chi connectivity index (χ3v) is 4.87. The number of nitrogens with zero attached hydrogens (tertiary/aromatic N) is 1.